The maximum absolute atomic E-state index is 13.0. The van der Waals surface area contributed by atoms with Gasteiger partial charge in [-0.2, -0.15) is 0 Å². The third-order valence-electron chi connectivity index (χ3n) is 5.96. The SMILES string of the molecule is CC1(C(=O)N2CCC3(CC2)OCCc2cc(C(=O)O)sc23)CCCCO1. The molecule has 4 heterocycles. The summed E-state index contributed by atoms with van der Waals surface area (Å²) in [6.45, 7) is 4.42. The molecular formula is C19H25NO5S. The van der Waals surface area contributed by atoms with Crippen molar-refractivity contribution in [2.24, 2.45) is 0 Å². The monoisotopic (exact) mass is 379 g/mol. The molecule has 0 bridgehead atoms. The highest BCUT2D eigenvalue weighted by molar-refractivity contribution is 7.14. The fraction of sp³-hybridized carbons (Fsp3) is 0.684. The summed E-state index contributed by atoms with van der Waals surface area (Å²) < 4.78 is 12.0. The van der Waals surface area contributed by atoms with Crippen molar-refractivity contribution < 1.29 is 24.2 Å². The summed E-state index contributed by atoms with van der Waals surface area (Å²) >= 11 is 1.33. The molecule has 0 saturated carbocycles. The Bertz CT molecular complexity index is 714. The van der Waals surface area contributed by atoms with Gasteiger partial charge in [0.1, 0.15) is 16.1 Å². The van der Waals surface area contributed by atoms with Gasteiger partial charge in [-0.1, -0.05) is 0 Å². The fourth-order valence-corrected chi connectivity index (χ4v) is 5.66. The molecule has 142 valence electrons. The van der Waals surface area contributed by atoms with Crippen molar-refractivity contribution in [2.45, 2.75) is 56.7 Å². The number of thiophene rings is 1. The number of carboxylic acids is 1. The normalized spacial score (nSPS) is 28.0. The van der Waals surface area contributed by atoms with Crippen molar-refractivity contribution >= 4 is 23.2 Å². The first-order valence-electron chi connectivity index (χ1n) is 9.37. The average Bonchev–Trinajstić information content (AvgIpc) is 3.09. The van der Waals surface area contributed by atoms with E-state index in [9.17, 15) is 14.7 Å². The summed E-state index contributed by atoms with van der Waals surface area (Å²) in [6.07, 6.45) is 5.01. The molecule has 1 spiro atoms. The molecule has 1 aromatic heterocycles. The molecule has 3 aliphatic heterocycles. The van der Waals surface area contributed by atoms with E-state index in [-0.39, 0.29) is 5.91 Å². The lowest BCUT2D eigenvalue weighted by Crippen LogP contribution is -2.55. The number of hydrogen-bond acceptors (Lipinski definition) is 5. The Morgan fingerprint density at radius 1 is 1.15 bits per heavy atom. The molecule has 0 aromatic carbocycles. The lowest BCUT2D eigenvalue weighted by atomic mass is 9.84. The number of nitrogens with zero attached hydrogens (tertiary/aromatic N) is 1. The van der Waals surface area contributed by atoms with Crippen LogP contribution in [0.2, 0.25) is 0 Å². The van der Waals surface area contributed by atoms with E-state index >= 15 is 0 Å². The number of likely N-dealkylation sites (tertiary alicyclic amines) is 1. The van der Waals surface area contributed by atoms with Crippen molar-refractivity contribution in [1.82, 2.24) is 4.90 Å². The molecule has 1 aromatic rings. The predicted molar refractivity (Wildman–Crippen MR) is 96.6 cm³/mol. The smallest absolute Gasteiger partial charge is 0.345 e. The van der Waals surface area contributed by atoms with Crippen LogP contribution in [0.25, 0.3) is 0 Å². The summed E-state index contributed by atoms with van der Waals surface area (Å²) in [6, 6.07) is 1.79. The van der Waals surface area contributed by atoms with Crippen molar-refractivity contribution in [2.75, 3.05) is 26.3 Å². The summed E-state index contributed by atoms with van der Waals surface area (Å²) in [5.74, 6) is -0.796. The van der Waals surface area contributed by atoms with Gasteiger partial charge >= 0.3 is 5.97 Å². The number of rotatable bonds is 2. The highest BCUT2D eigenvalue weighted by atomic mass is 32.1. The van der Waals surface area contributed by atoms with Crippen LogP contribution in [0.3, 0.4) is 0 Å². The van der Waals surface area contributed by atoms with E-state index < -0.39 is 17.2 Å². The zero-order chi connectivity index (χ0) is 18.4. The molecule has 1 amide bonds. The van der Waals surface area contributed by atoms with Crippen LogP contribution in [0.5, 0.6) is 0 Å². The van der Waals surface area contributed by atoms with Crippen LogP contribution in [0.4, 0.5) is 0 Å². The molecule has 0 radical (unpaired) electrons. The number of amides is 1. The van der Waals surface area contributed by atoms with Crippen molar-refractivity contribution in [3.05, 3.63) is 21.4 Å². The quantitative estimate of drug-likeness (QED) is 0.855. The highest BCUT2D eigenvalue weighted by Crippen LogP contribution is 2.46. The zero-order valence-electron chi connectivity index (χ0n) is 15.1. The lowest BCUT2D eigenvalue weighted by Gasteiger charge is -2.46. The molecule has 3 aliphatic rings. The number of piperidine rings is 1. The second-order valence-corrected chi connectivity index (χ2v) is 8.74. The fourth-order valence-electron chi connectivity index (χ4n) is 4.41. The Labute approximate surface area is 157 Å². The van der Waals surface area contributed by atoms with Crippen LogP contribution in [-0.2, 0) is 26.3 Å². The summed E-state index contributed by atoms with van der Waals surface area (Å²) in [4.78, 5) is 27.6. The average molecular weight is 379 g/mol. The van der Waals surface area contributed by atoms with Crippen molar-refractivity contribution in [3.63, 3.8) is 0 Å². The van der Waals surface area contributed by atoms with Gasteiger partial charge in [-0.3, -0.25) is 4.79 Å². The van der Waals surface area contributed by atoms with Gasteiger partial charge in [-0.05, 0) is 57.1 Å². The summed E-state index contributed by atoms with van der Waals surface area (Å²) in [7, 11) is 0. The molecule has 0 aliphatic carbocycles. The first kappa shape index (κ1) is 17.9. The Kier molecular flexibility index (Phi) is 4.57. The number of carbonyl (C=O) groups is 2. The number of ether oxygens (including phenoxy) is 2. The summed E-state index contributed by atoms with van der Waals surface area (Å²) in [5.41, 5.74) is -0.0290. The lowest BCUT2D eigenvalue weighted by molar-refractivity contribution is -0.168. The maximum atomic E-state index is 13.0. The molecule has 1 atom stereocenters. The van der Waals surface area contributed by atoms with Gasteiger partial charge in [0.05, 0.1) is 6.61 Å². The van der Waals surface area contributed by atoms with E-state index in [0.29, 0.717) is 44.0 Å². The molecule has 7 heteroatoms. The number of carbonyl (C=O) groups excluding carboxylic acids is 1. The van der Waals surface area contributed by atoms with Gasteiger partial charge in [0, 0.05) is 24.6 Å². The molecular weight excluding hydrogens is 354 g/mol. The van der Waals surface area contributed by atoms with Gasteiger partial charge < -0.3 is 19.5 Å². The Morgan fingerprint density at radius 2 is 1.92 bits per heavy atom. The van der Waals surface area contributed by atoms with E-state index in [1.54, 1.807) is 6.07 Å². The van der Waals surface area contributed by atoms with Gasteiger partial charge in [0.2, 0.25) is 0 Å². The van der Waals surface area contributed by atoms with Crippen molar-refractivity contribution in [3.8, 4) is 0 Å². The Morgan fingerprint density at radius 3 is 2.58 bits per heavy atom. The van der Waals surface area contributed by atoms with Crippen LogP contribution in [0.1, 0.15) is 59.1 Å². The third kappa shape index (κ3) is 2.96. The van der Waals surface area contributed by atoms with Crippen molar-refractivity contribution in [1.29, 1.82) is 0 Å². The van der Waals surface area contributed by atoms with E-state index in [1.165, 1.54) is 11.3 Å². The molecule has 6 nitrogen and oxygen atoms in total. The number of aromatic carboxylic acids is 1. The van der Waals surface area contributed by atoms with Gasteiger partial charge in [-0.15, -0.1) is 11.3 Å². The molecule has 2 fully saturated rings. The van der Waals surface area contributed by atoms with E-state index in [1.807, 2.05) is 11.8 Å². The minimum atomic E-state index is -0.880. The van der Waals surface area contributed by atoms with Gasteiger partial charge in [-0.25, -0.2) is 4.79 Å². The van der Waals surface area contributed by atoms with Crippen LogP contribution < -0.4 is 0 Å². The van der Waals surface area contributed by atoms with Crippen LogP contribution in [0, 0.1) is 0 Å². The van der Waals surface area contributed by atoms with E-state index in [2.05, 4.69) is 0 Å². The largest absolute Gasteiger partial charge is 0.477 e. The van der Waals surface area contributed by atoms with Gasteiger partial charge in [0.15, 0.2) is 0 Å². The standard InChI is InChI=1S/C19H25NO5S/c1-18(5-2-3-10-24-18)17(23)20-8-6-19(7-9-20)15-13(4-11-25-19)12-14(26-15)16(21)22/h12H,2-11H2,1H3,(H,21,22). The second kappa shape index (κ2) is 6.62. The summed E-state index contributed by atoms with van der Waals surface area (Å²) in [5, 5.41) is 9.31. The molecule has 1 N–H and O–H groups in total. The first-order chi connectivity index (χ1) is 12.4. The topological polar surface area (TPSA) is 76.1 Å². The van der Waals surface area contributed by atoms with E-state index in [0.717, 1.165) is 36.1 Å². The molecule has 1 unspecified atom stereocenters. The van der Waals surface area contributed by atoms with E-state index in [4.69, 9.17) is 9.47 Å². The minimum absolute atomic E-state index is 0.0838. The number of hydrogen-bond donors (Lipinski definition) is 1. The molecule has 26 heavy (non-hydrogen) atoms. The minimum Gasteiger partial charge on any atom is -0.477 e. The second-order valence-electron chi connectivity index (χ2n) is 7.69. The molecule has 4 rings (SSSR count). The maximum Gasteiger partial charge on any atom is 0.345 e. The third-order valence-corrected chi connectivity index (χ3v) is 7.31. The van der Waals surface area contributed by atoms with Crippen LogP contribution >= 0.6 is 11.3 Å². The predicted octanol–water partition coefficient (Wildman–Crippen LogP) is 2.80. The van der Waals surface area contributed by atoms with Crippen LogP contribution in [0.15, 0.2) is 6.07 Å². The zero-order valence-corrected chi connectivity index (χ0v) is 15.9. The van der Waals surface area contributed by atoms with Crippen LogP contribution in [-0.4, -0.2) is 53.8 Å². The Balaban J connectivity index is 1.50. The Hall–Kier alpha value is -1.44. The first-order valence-corrected chi connectivity index (χ1v) is 10.2. The molecule has 2 saturated heterocycles. The highest BCUT2D eigenvalue weighted by Gasteiger charge is 2.46. The number of fused-ring (bicyclic) bond motifs is 2. The number of carboxylic acid groups (broad SMARTS) is 1. The van der Waals surface area contributed by atoms with Gasteiger partial charge in [0.25, 0.3) is 5.91 Å².